The lowest BCUT2D eigenvalue weighted by Crippen LogP contribution is -2.61. The zero-order valence-corrected chi connectivity index (χ0v) is 28.5. The summed E-state index contributed by atoms with van der Waals surface area (Å²) < 4.78 is 13.2. The maximum absolute atomic E-state index is 6.61. The van der Waals surface area contributed by atoms with E-state index in [1.807, 2.05) is 12.1 Å². The summed E-state index contributed by atoms with van der Waals surface area (Å²) >= 11 is 0. The second-order valence-electron chi connectivity index (χ2n) is 14.0. The Morgan fingerprint density at radius 3 is 2.02 bits per heavy atom. The smallest absolute Gasteiger partial charge is 0.252 e. The van der Waals surface area contributed by atoms with Crippen molar-refractivity contribution >= 4 is 79.2 Å². The molecule has 0 bridgehead atoms. The fourth-order valence-corrected chi connectivity index (χ4v) is 8.99. The molecule has 0 spiro atoms. The van der Waals surface area contributed by atoms with Gasteiger partial charge in [0.15, 0.2) is 11.5 Å². The fourth-order valence-electron chi connectivity index (χ4n) is 8.99. The van der Waals surface area contributed by atoms with Gasteiger partial charge < -0.3 is 19.0 Å². The number of fused-ring (bicyclic) bond motifs is 9. The van der Waals surface area contributed by atoms with Gasteiger partial charge in [0.05, 0.1) is 11.4 Å². The van der Waals surface area contributed by atoms with Crippen molar-refractivity contribution in [3.8, 4) is 33.8 Å². The second kappa shape index (κ2) is 10.8. The standard InChI is InChI=1S/C48H29BN2O2/c1-2-11-30(12-3-1)31-23-26-33(27-24-31)50-39-28-25-32(34-14-8-15-36-35-13-4-6-20-43(35)53-48(34)36)29-38(39)49-37-16-9-22-45-47(37)51(40-17-5-7-21-44(40)52-45)42-19-10-18-41(50)46(42)49/h1-29H. The minimum atomic E-state index is -0.0223. The first-order valence-corrected chi connectivity index (χ1v) is 18.1. The third kappa shape index (κ3) is 4.02. The predicted molar refractivity (Wildman–Crippen MR) is 219 cm³/mol. The largest absolute Gasteiger partial charge is 0.455 e. The number of furan rings is 1. The molecule has 53 heavy (non-hydrogen) atoms. The van der Waals surface area contributed by atoms with Crippen molar-refractivity contribution in [1.29, 1.82) is 0 Å². The van der Waals surface area contributed by atoms with Crippen molar-refractivity contribution in [3.05, 3.63) is 176 Å². The van der Waals surface area contributed by atoms with Crippen molar-refractivity contribution in [2.24, 2.45) is 0 Å². The van der Waals surface area contributed by atoms with Crippen LogP contribution in [-0.4, -0.2) is 6.71 Å². The van der Waals surface area contributed by atoms with Crippen molar-refractivity contribution in [2.45, 2.75) is 0 Å². The number of ether oxygens (including phenoxy) is 1. The van der Waals surface area contributed by atoms with E-state index in [0.29, 0.717) is 0 Å². The highest BCUT2D eigenvalue weighted by Gasteiger charge is 2.45. The predicted octanol–water partition coefficient (Wildman–Crippen LogP) is 11.1. The van der Waals surface area contributed by atoms with E-state index in [4.69, 9.17) is 9.15 Å². The summed E-state index contributed by atoms with van der Waals surface area (Å²) in [5.41, 5.74) is 17.0. The number of hydrogen-bond donors (Lipinski definition) is 0. The Hall–Kier alpha value is -6.98. The molecule has 0 atom stereocenters. The molecule has 4 heterocycles. The number of para-hydroxylation sites is 5. The summed E-state index contributed by atoms with van der Waals surface area (Å²) in [6.07, 6.45) is 0. The van der Waals surface area contributed by atoms with Crippen LogP contribution in [0.15, 0.2) is 180 Å². The highest BCUT2D eigenvalue weighted by molar-refractivity contribution is 7.00. The van der Waals surface area contributed by atoms with E-state index in [2.05, 4.69) is 174 Å². The molecular weight excluding hydrogens is 647 g/mol. The number of anilines is 6. The van der Waals surface area contributed by atoms with Gasteiger partial charge in [-0.1, -0.05) is 121 Å². The fraction of sp³-hybridized carbons (Fsp3) is 0. The van der Waals surface area contributed by atoms with Crippen LogP contribution in [-0.2, 0) is 0 Å². The lowest BCUT2D eigenvalue weighted by molar-refractivity contribution is 0.477. The quantitative estimate of drug-likeness (QED) is 0.174. The Balaban J connectivity index is 1.12. The molecule has 4 nitrogen and oxygen atoms in total. The molecule has 1 aromatic heterocycles. The van der Waals surface area contributed by atoms with Crippen LogP contribution in [0.5, 0.6) is 11.5 Å². The Morgan fingerprint density at radius 1 is 0.434 bits per heavy atom. The SMILES string of the molecule is c1ccc(-c2ccc(N3c4ccc(-c5cccc6c5oc5ccccc56)cc4B4c5cccc6c5N(c5ccccc5O6)c5cccc3c54)cc2)cc1. The monoisotopic (exact) mass is 676 g/mol. The lowest BCUT2D eigenvalue weighted by Gasteiger charge is -2.45. The van der Waals surface area contributed by atoms with Gasteiger partial charge in [-0.05, 0) is 87.7 Å². The normalized spacial score (nSPS) is 13.3. The zero-order valence-electron chi connectivity index (χ0n) is 28.5. The molecule has 0 saturated heterocycles. The van der Waals surface area contributed by atoms with Gasteiger partial charge in [-0.3, -0.25) is 0 Å². The van der Waals surface area contributed by atoms with Gasteiger partial charge >= 0.3 is 0 Å². The van der Waals surface area contributed by atoms with Crippen LogP contribution in [0.1, 0.15) is 0 Å². The van der Waals surface area contributed by atoms with Gasteiger partial charge in [0.2, 0.25) is 0 Å². The Morgan fingerprint density at radius 2 is 1.11 bits per heavy atom. The summed E-state index contributed by atoms with van der Waals surface area (Å²) in [7, 11) is 0. The van der Waals surface area contributed by atoms with E-state index in [0.717, 1.165) is 67.3 Å². The highest BCUT2D eigenvalue weighted by atomic mass is 16.5. The van der Waals surface area contributed by atoms with Crippen molar-refractivity contribution < 1.29 is 9.15 Å². The highest BCUT2D eigenvalue weighted by Crippen LogP contribution is 2.53. The Labute approximate surface area is 306 Å². The number of nitrogens with zero attached hydrogens (tertiary/aromatic N) is 2. The van der Waals surface area contributed by atoms with E-state index >= 15 is 0 Å². The Bertz CT molecular complexity index is 2950. The summed E-state index contributed by atoms with van der Waals surface area (Å²) in [5, 5.41) is 2.26. The van der Waals surface area contributed by atoms with Crippen LogP contribution in [0, 0.1) is 0 Å². The zero-order chi connectivity index (χ0) is 34.6. The summed E-state index contributed by atoms with van der Waals surface area (Å²) in [4.78, 5) is 4.87. The first-order valence-electron chi connectivity index (χ1n) is 18.1. The molecule has 0 N–H and O–H groups in total. The van der Waals surface area contributed by atoms with E-state index in [1.54, 1.807) is 0 Å². The minimum absolute atomic E-state index is 0.0223. The molecule has 9 aromatic rings. The maximum Gasteiger partial charge on any atom is 0.252 e. The maximum atomic E-state index is 6.61. The van der Waals surface area contributed by atoms with Gasteiger partial charge in [-0.25, -0.2) is 0 Å². The molecule has 246 valence electrons. The first kappa shape index (κ1) is 28.7. The van der Waals surface area contributed by atoms with E-state index in [1.165, 1.54) is 38.9 Å². The number of hydrogen-bond acceptors (Lipinski definition) is 4. The average Bonchev–Trinajstić information content (AvgIpc) is 3.61. The van der Waals surface area contributed by atoms with Crippen molar-refractivity contribution in [2.75, 3.05) is 9.80 Å². The van der Waals surface area contributed by atoms with Crippen molar-refractivity contribution in [3.63, 3.8) is 0 Å². The molecule has 0 unspecified atom stereocenters. The molecule has 3 aliphatic rings. The number of benzene rings is 8. The van der Waals surface area contributed by atoms with Crippen LogP contribution in [0.2, 0.25) is 0 Å². The Kier molecular flexibility index (Phi) is 5.83. The minimum Gasteiger partial charge on any atom is -0.455 e. The molecular formula is C48H29BN2O2. The van der Waals surface area contributed by atoms with Crippen molar-refractivity contribution in [1.82, 2.24) is 0 Å². The average molecular weight is 677 g/mol. The molecule has 0 radical (unpaired) electrons. The van der Waals surface area contributed by atoms with Crippen LogP contribution >= 0.6 is 0 Å². The molecule has 8 aromatic carbocycles. The van der Waals surface area contributed by atoms with Crippen LogP contribution in [0.3, 0.4) is 0 Å². The molecule has 0 fully saturated rings. The molecule has 12 rings (SSSR count). The van der Waals surface area contributed by atoms with E-state index < -0.39 is 0 Å². The van der Waals surface area contributed by atoms with Gasteiger partial charge in [-0.2, -0.15) is 0 Å². The molecule has 5 heteroatoms. The topological polar surface area (TPSA) is 28.9 Å². The van der Waals surface area contributed by atoms with Gasteiger partial charge in [-0.15, -0.1) is 0 Å². The van der Waals surface area contributed by atoms with Gasteiger partial charge in [0.25, 0.3) is 6.71 Å². The van der Waals surface area contributed by atoms with Gasteiger partial charge in [0.1, 0.15) is 11.2 Å². The summed E-state index contributed by atoms with van der Waals surface area (Å²) in [6, 6.07) is 63.0. The summed E-state index contributed by atoms with van der Waals surface area (Å²) in [6.45, 7) is -0.0223. The third-order valence-corrected chi connectivity index (χ3v) is 11.2. The molecule has 3 aliphatic heterocycles. The molecule has 0 aliphatic carbocycles. The van der Waals surface area contributed by atoms with Crippen LogP contribution in [0.25, 0.3) is 44.2 Å². The molecule has 0 amide bonds. The second-order valence-corrected chi connectivity index (χ2v) is 14.0. The number of rotatable bonds is 3. The molecule has 0 saturated carbocycles. The van der Waals surface area contributed by atoms with E-state index in [9.17, 15) is 0 Å². The van der Waals surface area contributed by atoms with Gasteiger partial charge in [0, 0.05) is 39.1 Å². The third-order valence-electron chi connectivity index (χ3n) is 11.2. The van der Waals surface area contributed by atoms with E-state index in [-0.39, 0.29) is 6.71 Å². The first-order chi connectivity index (χ1) is 26.3. The van der Waals surface area contributed by atoms with Crippen LogP contribution in [0.4, 0.5) is 34.1 Å². The summed E-state index contributed by atoms with van der Waals surface area (Å²) in [5.74, 6) is 1.74. The lowest BCUT2D eigenvalue weighted by atomic mass is 9.33. The van der Waals surface area contributed by atoms with Crippen LogP contribution < -0.4 is 30.9 Å².